The van der Waals surface area contributed by atoms with Gasteiger partial charge >= 0.3 is 0 Å². The highest BCUT2D eigenvalue weighted by molar-refractivity contribution is 6.43. The molecule has 0 aromatic heterocycles. The Labute approximate surface area is 125 Å². The van der Waals surface area contributed by atoms with E-state index in [1.807, 2.05) is 0 Å². The topological polar surface area (TPSA) is 38.0 Å². The summed E-state index contributed by atoms with van der Waals surface area (Å²) in [5.41, 5.74) is 7.75. The molecule has 0 radical (unpaired) electrons. The second-order valence-corrected chi connectivity index (χ2v) is 5.24. The third-order valence-corrected chi connectivity index (χ3v) is 3.75. The summed E-state index contributed by atoms with van der Waals surface area (Å²) in [4.78, 5) is 0. The third kappa shape index (κ3) is 2.96. The van der Waals surface area contributed by atoms with E-state index >= 15 is 0 Å². The van der Waals surface area contributed by atoms with Crippen LogP contribution in [0.15, 0.2) is 30.3 Å². The van der Waals surface area contributed by atoms with Crippen molar-refractivity contribution in [2.75, 3.05) is 11.1 Å². The number of nitrogens with two attached hydrogens (primary N) is 1. The molecule has 0 aliphatic heterocycles. The fourth-order valence-corrected chi connectivity index (χ4v) is 2.03. The van der Waals surface area contributed by atoms with Gasteiger partial charge in [0.2, 0.25) is 0 Å². The Kier molecular flexibility index (Phi) is 4.13. The normalized spacial score (nSPS) is 10.4. The van der Waals surface area contributed by atoms with E-state index in [-0.39, 0.29) is 0 Å². The van der Waals surface area contributed by atoms with Crippen molar-refractivity contribution < 1.29 is 0 Å². The summed E-state index contributed by atoms with van der Waals surface area (Å²) in [5, 5.41) is 4.88. The van der Waals surface area contributed by atoms with E-state index in [0.717, 1.165) is 5.69 Å². The van der Waals surface area contributed by atoms with Crippen LogP contribution in [0.1, 0.15) is 0 Å². The van der Waals surface area contributed by atoms with E-state index in [9.17, 15) is 0 Å². The van der Waals surface area contributed by atoms with Gasteiger partial charge in [-0.3, -0.25) is 0 Å². The van der Waals surface area contributed by atoms with Gasteiger partial charge in [0.1, 0.15) is 0 Å². The minimum Gasteiger partial charge on any atom is -0.397 e. The monoisotopic (exact) mass is 320 g/mol. The molecule has 0 saturated carbocycles. The molecule has 0 bridgehead atoms. The average Bonchev–Trinajstić information content (AvgIpc) is 2.31. The summed E-state index contributed by atoms with van der Waals surface area (Å²) >= 11 is 23.6. The average molecular weight is 322 g/mol. The van der Waals surface area contributed by atoms with E-state index in [1.165, 1.54) is 0 Å². The second kappa shape index (κ2) is 5.45. The van der Waals surface area contributed by atoms with Crippen molar-refractivity contribution in [2.45, 2.75) is 0 Å². The lowest BCUT2D eigenvalue weighted by atomic mass is 10.2. The van der Waals surface area contributed by atoms with Gasteiger partial charge in [-0.15, -0.1) is 0 Å². The number of nitrogens with one attached hydrogen (secondary N) is 1. The quantitative estimate of drug-likeness (QED) is 0.704. The van der Waals surface area contributed by atoms with Crippen LogP contribution in [0.5, 0.6) is 0 Å². The van der Waals surface area contributed by atoms with E-state index < -0.39 is 0 Å². The molecule has 0 aliphatic rings. The Bertz CT molecular complexity index is 599. The number of halogens is 4. The maximum atomic E-state index is 5.93. The lowest BCUT2D eigenvalue weighted by molar-refractivity contribution is 1.54. The van der Waals surface area contributed by atoms with Gasteiger partial charge in [0.05, 0.1) is 31.5 Å². The molecule has 18 heavy (non-hydrogen) atoms. The summed E-state index contributed by atoms with van der Waals surface area (Å²) in [5.74, 6) is 0. The number of rotatable bonds is 2. The molecule has 0 saturated heterocycles. The van der Waals surface area contributed by atoms with Crippen LogP contribution in [0.2, 0.25) is 20.1 Å². The van der Waals surface area contributed by atoms with Crippen molar-refractivity contribution >= 4 is 63.5 Å². The minimum atomic E-state index is 0.411. The van der Waals surface area contributed by atoms with Gasteiger partial charge in [-0.05, 0) is 30.3 Å². The standard InChI is InChI=1S/C12H8Cl4N2/c13-7-2-1-6(3-8(7)14)18-12-5-10(16)9(15)4-11(12)17/h1-5,18H,17H2. The zero-order valence-electron chi connectivity index (χ0n) is 8.98. The smallest absolute Gasteiger partial charge is 0.0633 e. The predicted molar refractivity (Wildman–Crippen MR) is 80.6 cm³/mol. The first-order chi connectivity index (χ1) is 8.47. The van der Waals surface area contributed by atoms with Crippen molar-refractivity contribution in [1.82, 2.24) is 0 Å². The van der Waals surface area contributed by atoms with Crippen LogP contribution < -0.4 is 11.1 Å². The highest BCUT2D eigenvalue weighted by Gasteiger charge is 2.06. The van der Waals surface area contributed by atoms with Crippen LogP contribution in [0.4, 0.5) is 17.1 Å². The maximum absolute atomic E-state index is 5.93. The summed E-state index contributed by atoms with van der Waals surface area (Å²) in [6.45, 7) is 0. The Morgan fingerprint density at radius 3 is 2.06 bits per heavy atom. The van der Waals surface area contributed by atoms with E-state index in [1.54, 1.807) is 30.3 Å². The molecular formula is C12H8Cl4N2. The lowest BCUT2D eigenvalue weighted by Gasteiger charge is -2.11. The van der Waals surface area contributed by atoms with E-state index in [2.05, 4.69) is 5.32 Å². The largest absolute Gasteiger partial charge is 0.397 e. The van der Waals surface area contributed by atoms with Crippen molar-refractivity contribution in [3.8, 4) is 0 Å². The van der Waals surface area contributed by atoms with Gasteiger partial charge in [0.15, 0.2) is 0 Å². The maximum Gasteiger partial charge on any atom is 0.0633 e. The first-order valence-corrected chi connectivity index (χ1v) is 6.45. The molecule has 0 atom stereocenters. The molecule has 2 aromatic carbocycles. The van der Waals surface area contributed by atoms with Crippen LogP contribution >= 0.6 is 46.4 Å². The van der Waals surface area contributed by atoms with Crippen LogP contribution in [0.3, 0.4) is 0 Å². The molecule has 94 valence electrons. The number of nitrogen functional groups attached to an aromatic ring is 1. The predicted octanol–water partition coefficient (Wildman–Crippen LogP) is 5.63. The summed E-state index contributed by atoms with van der Waals surface area (Å²) in [7, 11) is 0. The van der Waals surface area contributed by atoms with Gasteiger partial charge in [0, 0.05) is 5.69 Å². The second-order valence-electron chi connectivity index (χ2n) is 3.61. The highest BCUT2D eigenvalue weighted by Crippen LogP contribution is 2.33. The summed E-state index contributed by atoms with van der Waals surface area (Å²) in [6.07, 6.45) is 0. The van der Waals surface area contributed by atoms with Crippen LogP contribution in [0.25, 0.3) is 0 Å². The zero-order valence-corrected chi connectivity index (χ0v) is 12.0. The van der Waals surface area contributed by atoms with Crippen LogP contribution in [-0.2, 0) is 0 Å². The first-order valence-electron chi connectivity index (χ1n) is 4.94. The third-order valence-electron chi connectivity index (χ3n) is 2.29. The molecule has 0 spiro atoms. The van der Waals surface area contributed by atoms with Crippen LogP contribution in [-0.4, -0.2) is 0 Å². The SMILES string of the molecule is Nc1cc(Cl)c(Cl)cc1Nc1ccc(Cl)c(Cl)c1. The Morgan fingerprint density at radius 2 is 1.39 bits per heavy atom. The molecule has 2 nitrogen and oxygen atoms in total. The fourth-order valence-electron chi connectivity index (χ4n) is 1.40. The molecule has 0 fully saturated rings. The van der Waals surface area contributed by atoms with Crippen molar-refractivity contribution in [3.63, 3.8) is 0 Å². The van der Waals surface area contributed by atoms with Crippen molar-refractivity contribution in [2.24, 2.45) is 0 Å². The number of anilines is 3. The molecule has 2 rings (SSSR count). The van der Waals surface area contributed by atoms with Gasteiger partial charge in [0.25, 0.3) is 0 Å². The fraction of sp³-hybridized carbons (Fsp3) is 0. The number of hydrogen-bond acceptors (Lipinski definition) is 2. The summed E-state index contributed by atoms with van der Waals surface area (Å²) in [6, 6.07) is 8.42. The molecule has 6 heteroatoms. The molecule has 0 unspecified atom stereocenters. The molecular weight excluding hydrogens is 314 g/mol. The van der Waals surface area contributed by atoms with Gasteiger partial charge in [-0.25, -0.2) is 0 Å². The van der Waals surface area contributed by atoms with Gasteiger partial charge in [-0.2, -0.15) is 0 Å². The Balaban J connectivity index is 2.34. The summed E-state index contributed by atoms with van der Waals surface area (Å²) < 4.78 is 0. The molecule has 2 aromatic rings. The first kappa shape index (κ1) is 13.6. The van der Waals surface area contributed by atoms with Crippen LogP contribution in [0, 0.1) is 0 Å². The number of benzene rings is 2. The number of hydrogen-bond donors (Lipinski definition) is 2. The van der Waals surface area contributed by atoms with E-state index in [0.29, 0.717) is 31.5 Å². The Hall–Kier alpha value is -0.800. The highest BCUT2D eigenvalue weighted by atomic mass is 35.5. The lowest BCUT2D eigenvalue weighted by Crippen LogP contribution is -1.96. The zero-order chi connectivity index (χ0) is 13.3. The molecule has 3 N–H and O–H groups in total. The molecule has 0 heterocycles. The molecule has 0 aliphatic carbocycles. The van der Waals surface area contributed by atoms with Gasteiger partial charge in [-0.1, -0.05) is 46.4 Å². The van der Waals surface area contributed by atoms with Gasteiger partial charge < -0.3 is 11.1 Å². The van der Waals surface area contributed by atoms with E-state index in [4.69, 9.17) is 52.1 Å². The molecule has 0 amide bonds. The Morgan fingerprint density at radius 1 is 0.778 bits per heavy atom. The van der Waals surface area contributed by atoms with Crippen molar-refractivity contribution in [3.05, 3.63) is 50.4 Å². The van der Waals surface area contributed by atoms with Crippen molar-refractivity contribution in [1.29, 1.82) is 0 Å². The minimum absolute atomic E-state index is 0.411.